The van der Waals surface area contributed by atoms with Gasteiger partial charge in [0, 0.05) is 18.2 Å². The lowest BCUT2D eigenvalue weighted by atomic mass is 9.81. The average molecular weight is 382 g/mol. The first-order chi connectivity index (χ1) is 14.1. The fraction of sp³-hybridized carbons (Fsp3) is 0.250. The zero-order valence-corrected chi connectivity index (χ0v) is 16.5. The lowest BCUT2D eigenvalue weighted by molar-refractivity contribution is 0.0962. The quantitative estimate of drug-likeness (QED) is 0.509. The van der Waals surface area contributed by atoms with Gasteiger partial charge in [-0.2, -0.15) is 4.98 Å². The molecule has 5 nitrogen and oxygen atoms in total. The second-order valence-electron chi connectivity index (χ2n) is 8.00. The Morgan fingerprint density at radius 1 is 0.966 bits per heavy atom. The number of fused-ring (bicyclic) bond motifs is 2. The van der Waals surface area contributed by atoms with Gasteiger partial charge in [0.25, 0.3) is 5.78 Å². The Morgan fingerprint density at radius 2 is 1.72 bits per heavy atom. The van der Waals surface area contributed by atoms with E-state index >= 15 is 0 Å². The second-order valence-corrected chi connectivity index (χ2v) is 8.00. The first-order valence-corrected chi connectivity index (χ1v) is 10.0. The standard InChI is InChI=1S/C24H22N4O/c1-15(2)16-8-10-17(11-9-16)19-12-21-20(22(29)13-19)14-28-24(25-21)26-23(27-28)18-6-4-3-5-7-18/h3-11,14-15,19H,12-13H2,1-2H3. The number of ketones is 1. The van der Waals surface area contributed by atoms with Crippen molar-refractivity contribution in [1.29, 1.82) is 0 Å². The lowest BCUT2D eigenvalue weighted by Crippen LogP contribution is -2.21. The van der Waals surface area contributed by atoms with Crippen molar-refractivity contribution in [3.8, 4) is 11.4 Å². The summed E-state index contributed by atoms with van der Waals surface area (Å²) in [4.78, 5) is 22.1. The van der Waals surface area contributed by atoms with E-state index in [0.717, 1.165) is 17.7 Å². The molecule has 144 valence electrons. The van der Waals surface area contributed by atoms with Gasteiger partial charge >= 0.3 is 0 Å². The molecule has 2 heterocycles. The highest BCUT2D eigenvalue weighted by Gasteiger charge is 2.28. The third kappa shape index (κ3) is 3.23. The van der Waals surface area contributed by atoms with Crippen LogP contribution in [0.5, 0.6) is 0 Å². The number of Topliss-reactive ketones (excluding diaryl/α,β-unsaturated/α-hetero) is 1. The molecular formula is C24H22N4O. The zero-order chi connectivity index (χ0) is 20.0. The monoisotopic (exact) mass is 382 g/mol. The Balaban J connectivity index is 1.50. The van der Waals surface area contributed by atoms with Gasteiger partial charge in [0.05, 0.1) is 11.3 Å². The van der Waals surface area contributed by atoms with Gasteiger partial charge in [-0.1, -0.05) is 68.4 Å². The normalized spacial score (nSPS) is 16.4. The van der Waals surface area contributed by atoms with Gasteiger partial charge < -0.3 is 0 Å². The molecule has 29 heavy (non-hydrogen) atoms. The van der Waals surface area contributed by atoms with E-state index in [-0.39, 0.29) is 11.7 Å². The molecule has 5 heteroatoms. The van der Waals surface area contributed by atoms with Crippen LogP contribution < -0.4 is 0 Å². The van der Waals surface area contributed by atoms with Crippen molar-refractivity contribution in [3.63, 3.8) is 0 Å². The molecule has 1 unspecified atom stereocenters. The molecule has 5 rings (SSSR count). The largest absolute Gasteiger partial charge is 0.294 e. The van der Waals surface area contributed by atoms with Gasteiger partial charge in [0.2, 0.25) is 0 Å². The number of hydrogen-bond acceptors (Lipinski definition) is 4. The van der Waals surface area contributed by atoms with Crippen LogP contribution in [0.4, 0.5) is 0 Å². The summed E-state index contributed by atoms with van der Waals surface area (Å²) in [5.41, 5.74) is 4.93. The minimum absolute atomic E-state index is 0.121. The summed E-state index contributed by atoms with van der Waals surface area (Å²) in [6.07, 6.45) is 3.03. The summed E-state index contributed by atoms with van der Waals surface area (Å²) in [5.74, 6) is 1.93. The van der Waals surface area contributed by atoms with Crippen LogP contribution in [0.2, 0.25) is 0 Å². The summed E-state index contributed by atoms with van der Waals surface area (Å²) >= 11 is 0. The number of rotatable bonds is 3. The third-order valence-electron chi connectivity index (χ3n) is 5.69. The van der Waals surface area contributed by atoms with Crippen molar-refractivity contribution in [2.75, 3.05) is 0 Å². The van der Waals surface area contributed by atoms with E-state index in [2.05, 4.69) is 48.2 Å². The van der Waals surface area contributed by atoms with E-state index in [1.807, 2.05) is 30.3 Å². The first kappa shape index (κ1) is 17.7. The Kier molecular flexibility index (Phi) is 4.23. The van der Waals surface area contributed by atoms with E-state index in [1.54, 1.807) is 10.7 Å². The fourth-order valence-corrected chi connectivity index (χ4v) is 3.98. The van der Waals surface area contributed by atoms with Crippen LogP contribution >= 0.6 is 0 Å². The van der Waals surface area contributed by atoms with Gasteiger partial charge in [0.1, 0.15) is 0 Å². The predicted octanol–water partition coefficient (Wildman–Crippen LogP) is 4.83. The second kappa shape index (κ2) is 6.92. The molecule has 0 spiro atoms. The van der Waals surface area contributed by atoms with Gasteiger partial charge in [0.15, 0.2) is 11.6 Å². The number of benzene rings is 2. The van der Waals surface area contributed by atoms with Crippen molar-refractivity contribution in [3.05, 3.63) is 83.2 Å². The van der Waals surface area contributed by atoms with E-state index in [1.165, 1.54) is 11.1 Å². The molecule has 2 aromatic heterocycles. The number of carbonyl (C=O) groups excluding carboxylic acids is 1. The number of aromatic nitrogens is 4. The maximum atomic E-state index is 12.9. The van der Waals surface area contributed by atoms with Gasteiger partial charge in [-0.3, -0.25) is 4.79 Å². The minimum Gasteiger partial charge on any atom is -0.294 e. The van der Waals surface area contributed by atoms with Gasteiger partial charge in [-0.25, -0.2) is 9.50 Å². The SMILES string of the molecule is CC(C)c1ccc(C2CC(=O)c3cn4nc(-c5ccccc5)nc4nc3C2)cc1. The molecule has 0 N–H and O–H groups in total. The third-order valence-corrected chi connectivity index (χ3v) is 5.69. The summed E-state index contributed by atoms with van der Waals surface area (Å²) in [6.45, 7) is 4.37. The van der Waals surface area contributed by atoms with Crippen LogP contribution in [0.1, 0.15) is 59.3 Å². The average Bonchev–Trinajstić information content (AvgIpc) is 3.16. The Hall–Kier alpha value is -3.34. The molecule has 0 radical (unpaired) electrons. The fourth-order valence-electron chi connectivity index (χ4n) is 3.98. The van der Waals surface area contributed by atoms with E-state index in [0.29, 0.717) is 29.5 Å². The van der Waals surface area contributed by atoms with Crippen molar-refractivity contribution in [2.24, 2.45) is 0 Å². The topological polar surface area (TPSA) is 60.2 Å². The molecule has 1 atom stereocenters. The molecule has 0 saturated heterocycles. The van der Waals surface area contributed by atoms with Crippen LogP contribution in [0.3, 0.4) is 0 Å². The molecule has 0 amide bonds. The Bertz CT molecular complexity index is 1190. The molecule has 0 bridgehead atoms. The minimum atomic E-state index is 0.121. The van der Waals surface area contributed by atoms with Crippen molar-refractivity contribution >= 4 is 11.6 Å². The number of nitrogens with zero attached hydrogens (tertiary/aromatic N) is 4. The molecule has 0 aliphatic heterocycles. The van der Waals surface area contributed by atoms with Crippen LogP contribution in [0.25, 0.3) is 17.2 Å². The van der Waals surface area contributed by atoms with Gasteiger partial charge in [-0.05, 0) is 29.4 Å². The van der Waals surface area contributed by atoms with E-state index < -0.39 is 0 Å². The maximum Gasteiger partial charge on any atom is 0.252 e. The highest BCUT2D eigenvalue weighted by molar-refractivity contribution is 5.98. The molecule has 2 aromatic carbocycles. The number of carbonyl (C=O) groups is 1. The van der Waals surface area contributed by atoms with Crippen LogP contribution in [0, 0.1) is 0 Å². The molecule has 1 aliphatic rings. The molecule has 0 saturated carbocycles. The summed E-state index contributed by atoms with van der Waals surface area (Å²) in [7, 11) is 0. The molecule has 4 aromatic rings. The Morgan fingerprint density at radius 3 is 2.45 bits per heavy atom. The predicted molar refractivity (Wildman–Crippen MR) is 112 cm³/mol. The van der Waals surface area contributed by atoms with Crippen LogP contribution in [-0.2, 0) is 6.42 Å². The Labute approximate surface area is 169 Å². The van der Waals surface area contributed by atoms with Crippen molar-refractivity contribution < 1.29 is 4.79 Å². The van der Waals surface area contributed by atoms with E-state index in [4.69, 9.17) is 4.98 Å². The van der Waals surface area contributed by atoms with Crippen molar-refractivity contribution in [2.45, 2.75) is 38.5 Å². The zero-order valence-electron chi connectivity index (χ0n) is 16.5. The van der Waals surface area contributed by atoms with Crippen molar-refractivity contribution in [1.82, 2.24) is 19.6 Å². The summed E-state index contributed by atoms with van der Waals surface area (Å²) < 4.78 is 1.62. The smallest absolute Gasteiger partial charge is 0.252 e. The van der Waals surface area contributed by atoms with Gasteiger partial charge in [-0.15, -0.1) is 5.10 Å². The molecule has 0 fully saturated rings. The highest BCUT2D eigenvalue weighted by Crippen LogP contribution is 2.32. The number of hydrogen-bond donors (Lipinski definition) is 0. The highest BCUT2D eigenvalue weighted by atomic mass is 16.1. The summed E-state index contributed by atoms with van der Waals surface area (Å²) in [5, 5.41) is 4.52. The van der Waals surface area contributed by atoms with Crippen LogP contribution in [0.15, 0.2) is 60.8 Å². The van der Waals surface area contributed by atoms with Crippen LogP contribution in [-0.4, -0.2) is 25.4 Å². The lowest BCUT2D eigenvalue weighted by Gasteiger charge is -2.23. The molecular weight excluding hydrogens is 360 g/mol. The summed E-state index contributed by atoms with van der Waals surface area (Å²) in [6, 6.07) is 18.5. The first-order valence-electron chi connectivity index (χ1n) is 10.0. The maximum absolute atomic E-state index is 12.9. The molecule has 1 aliphatic carbocycles. The van der Waals surface area contributed by atoms with E-state index in [9.17, 15) is 4.79 Å².